The molecule has 0 saturated carbocycles. The molecule has 5 nitrogen and oxygen atoms in total. The molecule has 0 spiro atoms. The Labute approximate surface area is 118 Å². The second kappa shape index (κ2) is 7.65. The third-order valence-electron chi connectivity index (χ3n) is 3.01. The monoisotopic (exact) mass is 279 g/mol. The second-order valence-electron chi connectivity index (χ2n) is 4.97. The molecule has 0 aliphatic rings. The topological polar surface area (TPSA) is 75.6 Å². The van der Waals surface area contributed by atoms with Gasteiger partial charge in [0.1, 0.15) is 6.04 Å². The van der Waals surface area contributed by atoms with Gasteiger partial charge in [-0.15, -0.1) is 0 Å². The van der Waals surface area contributed by atoms with Gasteiger partial charge in [-0.3, -0.25) is 4.79 Å². The highest BCUT2D eigenvalue weighted by molar-refractivity contribution is 5.81. The number of nitrogens with one attached hydrogen (secondary N) is 1. The second-order valence-corrected chi connectivity index (χ2v) is 4.97. The van der Waals surface area contributed by atoms with Crippen LogP contribution in [0.4, 0.5) is 0 Å². The van der Waals surface area contributed by atoms with Crippen LogP contribution in [0.15, 0.2) is 30.3 Å². The minimum atomic E-state index is -1.12. The summed E-state index contributed by atoms with van der Waals surface area (Å²) in [6, 6.07) is 8.94. The van der Waals surface area contributed by atoms with Crippen LogP contribution in [0.1, 0.15) is 19.4 Å². The fourth-order valence-electron chi connectivity index (χ4n) is 1.83. The van der Waals surface area contributed by atoms with Crippen LogP contribution in [0.3, 0.4) is 0 Å². The summed E-state index contributed by atoms with van der Waals surface area (Å²) >= 11 is 0. The van der Waals surface area contributed by atoms with E-state index in [1.165, 1.54) is 0 Å². The van der Waals surface area contributed by atoms with E-state index in [1.807, 2.05) is 30.3 Å². The molecule has 0 aliphatic carbocycles. The highest BCUT2D eigenvalue weighted by atomic mass is 16.6. The van der Waals surface area contributed by atoms with E-state index in [0.29, 0.717) is 6.42 Å². The van der Waals surface area contributed by atoms with Crippen molar-refractivity contribution in [1.29, 1.82) is 0 Å². The molecule has 0 amide bonds. The summed E-state index contributed by atoms with van der Waals surface area (Å²) in [6.45, 7) is 3.41. The van der Waals surface area contributed by atoms with Crippen LogP contribution in [0, 0.1) is 5.92 Å². The van der Waals surface area contributed by atoms with Crippen molar-refractivity contribution < 1.29 is 19.4 Å². The maximum atomic E-state index is 12.0. The van der Waals surface area contributed by atoms with Crippen LogP contribution in [0.5, 0.6) is 0 Å². The Kier molecular flexibility index (Phi) is 6.18. The molecular formula is C15H21NO4. The van der Waals surface area contributed by atoms with E-state index in [-0.39, 0.29) is 5.92 Å². The van der Waals surface area contributed by atoms with Crippen LogP contribution in [0.25, 0.3) is 0 Å². The van der Waals surface area contributed by atoms with Crippen molar-refractivity contribution >= 4 is 11.9 Å². The van der Waals surface area contributed by atoms with Gasteiger partial charge >= 0.3 is 11.9 Å². The number of esters is 1. The molecule has 0 heterocycles. The molecule has 0 bridgehead atoms. The smallest absolute Gasteiger partial charge is 0.345 e. The maximum Gasteiger partial charge on any atom is 0.345 e. The Balaban J connectivity index is 2.69. The van der Waals surface area contributed by atoms with Crippen molar-refractivity contribution in [3.63, 3.8) is 0 Å². The summed E-state index contributed by atoms with van der Waals surface area (Å²) in [4.78, 5) is 23.1. The predicted octanol–water partition coefficient (Wildman–Crippen LogP) is 1.47. The largest absolute Gasteiger partial charge is 0.478 e. The average molecular weight is 279 g/mol. The van der Waals surface area contributed by atoms with Gasteiger partial charge in [0.15, 0.2) is 0 Å². The highest BCUT2D eigenvalue weighted by Gasteiger charge is 2.29. The number of hydrogen-bond donors (Lipinski definition) is 2. The minimum absolute atomic E-state index is 0.273. The summed E-state index contributed by atoms with van der Waals surface area (Å²) in [7, 11) is 1.65. The zero-order valence-electron chi connectivity index (χ0n) is 12.0. The Morgan fingerprint density at radius 2 is 1.85 bits per heavy atom. The fraction of sp³-hybridized carbons (Fsp3) is 0.467. The van der Waals surface area contributed by atoms with Gasteiger partial charge in [0.05, 0.1) is 0 Å². The first kappa shape index (κ1) is 16.2. The number of aliphatic carboxylic acids is 1. The van der Waals surface area contributed by atoms with Crippen LogP contribution in [-0.4, -0.2) is 36.2 Å². The van der Waals surface area contributed by atoms with Crippen molar-refractivity contribution in [3.8, 4) is 0 Å². The Bertz CT molecular complexity index is 444. The van der Waals surface area contributed by atoms with Crippen molar-refractivity contribution in [2.45, 2.75) is 32.4 Å². The summed E-state index contributed by atoms with van der Waals surface area (Å²) in [5.41, 5.74) is 0.986. The normalized spacial score (nSPS) is 13.8. The molecule has 1 aromatic rings. The number of benzene rings is 1. The molecule has 0 unspecified atom stereocenters. The van der Waals surface area contributed by atoms with E-state index in [9.17, 15) is 9.59 Å². The SMILES string of the molecule is CN[C@@H](Cc1ccccc1)C(=O)O[C@H](C(=O)O)C(C)C. The Morgan fingerprint density at radius 1 is 1.25 bits per heavy atom. The van der Waals surface area contributed by atoms with Crippen molar-refractivity contribution in [1.82, 2.24) is 5.32 Å². The lowest BCUT2D eigenvalue weighted by molar-refractivity contribution is -0.168. The quantitative estimate of drug-likeness (QED) is 0.739. The zero-order valence-corrected chi connectivity index (χ0v) is 12.0. The number of carbonyl (C=O) groups is 2. The standard InChI is InChI=1S/C15H21NO4/c1-10(2)13(14(17)18)20-15(19)12(16-3)9-11-7-5-4-6-8-11/h4-8,10,12-13,16H,9H2,1-3H3,(H,17,18)/t12-,13-/m0/s1. The van der Waals surface area contributed by atoms with E-state index < -0.39 is 24.1 Å². The molecule has 5 heteroatoms. The minimum Gasteiger partial charge on any atom is -0.478 e. The number of carboxylic acids is 1. The lowest BCUT2D eigenvalue weighted by atomic mass is 10.1. The van der Waals surface area contributed by atoms with E-state index in [4.69, 9.17) is 9.84 Å². The molecular weight excluding hydrogens is 258 g/mol. The first-order valence-electron chi connectivity index (χ1n) is 6.60. The Morgan fingerprint density at radius 3 is 2.30 bits per heavy atom. The molecule has 2 atom stereocenters. The zero-order chi connectivity index (χ0) is 15.1. The number of hydrogen-bond acceptors (Lipinski definition) is 4. The first-order chi connectivity index (χ1) is 9.45. The predicted molar refractivity (Wildman–Crippen MR) is 75.3 cm³/mol. The van der Waals surface area contributed by atoms with E-state index >= 15 is 0 Å². The number of rotatable bonds is 7. The average Bonchev–Trinajstić information content (AvgIpc) is 2.42. The molecule has 20 heavy (non-hydrogen) atoms. The number of likely N-dealkylation sites (N-methyl/N-ethyl adjacent to an activating group) is 1. The van der Waals surface area contributed by atoms with Gasteiger partial charge in [-0.2, -0.15) is 0 Å². The molecule has 0 aromatic heterocycles. The summed E-state index contributed by atoms with van der Waals surface area (Å²) < 4.78 is 5.10. The van der Waals surface area contributed by atoms with Gasteiger partial charge < -0.3 is 15.2 Å². The van der Waals surface area contributed by atoms with Crippen molar-refractivity contribution in [2.24, 2.45) is 5.92 Å². The first-order valence-corrected chi connectivity index (χ1v) is 6.60. The third-order valence-corrected chi connectivity index (χ3v) is 3.01. The van der Waals surface area contributed by atoms with E-state index in [2.05, 4.69) is 5.32 Å². The summed E-state index contributed by atoms with van der Waals surface area (Å²) in [5, 5.41) is 11.9. The fourth-order valence-corrected chi connectivity index (χ4v) is 1.83. The number of carboxylic acid groups (broad SMARTS) is 1. The van der Waals surface area contributed by atoms with Gasteiger partial charge in [-0.05, 0) is 19.0 Å². The van der Waals surface area contributed by atoms with E-state index in [0.717, 1.165) is 5.56 Å². The van der Waals surface area contributed by atoms with Crippen molar-refractivity contribution in [3.05, 3.63) is 35.9 Å². The molecule has 2 N–H and O–H groups in total. The molecule has 0 saturated heterocycles. The van der Waals surface area contributed by atoms with Gasteiger partial charge in [-0.1, -0.05) is 44.2 Å². The maximum absolute atomic E-state index is 12.0. The summed E-state index contributed by atoms with van der Waals surface area (Å²) in [6.07, 6.45) is -0.658. The lowest BCUT2D eigenvalue weighted by Crippen LogP contribution is -2.42. The summed E-state index contributed by atoms with van der Waals surface area (Å²) in [5.74, 6) is -1.94. The lowest BCUT2D eigenvalue weighted by Gasteiger charge is -2.21. The Hall–Kier alpha value is -1.88. The molecule has 110 valence electrons. The third kappa shape index (κ3) is 4.66. The van der Waals surface area contributed by atoms with Gasteiger partial charge in [0.25, 0.3) is 0 Å². The number of carbonyl (C=O) groups excluding carboxylic acids is 1. The van der Waals surface area contributed by atoms with E-state index in [1.54, 1.807) is 20.9 Å². The number of ether oxygens (including phenoxy) is 1. The molecule has 0 aliphatic heterocycles. The van der Waals surface area contributed by atoms with Crippen LogP contribution < -0.4 is 5.32 Å². The highest BCUT2D eigenvalue weighted by Crippen LogP contribution is 2.10. The van der Waals surface area contributed by atoms with Gasteiger partial charge in [0, 0.05) is 5.92 Å². The van der Waals surface area contributed by atoms with Crippen LogP contribution in [0.2, 0.25) is 0 Å². The van der Waals surface area contributed by atoms with Gasteiger partial charge in [-0.25, -0.2) is 4.79 Å². The van der Waals surface area contributed by atoms with Gasteiger partial charge in [0.2, 0.25) is 6.10 Å². The molecule has 0 fully saturated rings. The van der Waals surface area contributed by atoms with Crippen molar-refractivity contribution in [2.75, 3.05) is 7.05 Å². The molecule has 1 rings (SSSR count). The van der Waals surface area contributed by atoms with Crippen LogP contribution in [-0.2, 0) is 20.7 Å². The molecule has 1 aromatic carbocycles. The molecule has 0 radical (unpaired) electrons. The van der Waals surface area contributed by atoms with Crippen LogP contribution >= 0.6 is 0 Å².